The highest BCUT2D eigenvalue weighted by Gasteiger charge is 2.21. The molecule has 0 saturated carbocycles. The van der Waals surface area contributed by atoms with Crippen LogP contribution in [0.25, 0.3) is 0 Å². The molecule has 0 atom stereocenters. The van der Waals surface area contributed by atoms with Crippen molar-refractivity contribution >= 4 is 18.7 Å². The molecule has 0 aliphatic heterocycles. The molecule has 0 unspecified atom stereocenters. The van der Waals surface area contributed by atoms with Gasteiger partial charge < -0.3 is 8.71 Å². The van der Waals surface area contributed by atoms with Crippen molar-refractivity contribution in [1.29, 1.82) is 0 Å². The average molecular weight is 308 g/mol. The third-order valence-electron chi connectivity index (χ3n) is 2.24. The lowest BCUT2D eigenvalue weighted by molar-refractivity contribution is 0.438. The van der Waals surface area contributed by atoms with Crippen LogP contribution >= 0.6 is 8.15 Å². The van der Waals surface area contributed by atoms with Crippen LogP contribution in [0.15, 0.2) is 18.2 Å². The summed E-state index contributed by atoms with van der Waals surface area (Å²) in [6.45, 7) is 9.86. The Hall–Kier alpha value is -0.870. The van der Waals surface area contributed by atoms with Crippen LogP contribution in [0.1, 0.15) is 26.3 Å². The topological polar surface area (TPSA) is 52.6 Å². The van der Waals surface area contributed by atoms with E-state index in [0.29, 0.717) is 5.75 Å². The second kappa shape index (κ2) is 5.63. The predicted molar refractivity (Wildman–Crippen MR) is 75.2 cm³/mol. The Bertz CT molecular complexity index is 549. The Kier molecular flexibility index (Phi) is 4.80. The first kappa shape index (κ1) is 16.2. The van der Waals surface area contributed by atoms with E-state index in [1.807, 2.05) is 34.1 Å². The smallest absolute Gasteiger partial charge is 0.474 e. The number of benzene rings is 1. The summed E-state index contributed by atoms with van der Waals surface area (Å²) in [5.74, 6) is 0.423. The molecule has 7 heteroatoms. The minimum absolute atomic E-state index is 0.0950. The molecule has 0 bridgehead atoms. The second-order valence-corrected chi connectivity index (χ2v) is 8.05. The lowest BCUT2D eigenvalue weighted by Gasteiger charge is -2.24. The van der Waals surface area contributed by atoms with E-state index in [9.17, 15) is 12.3 Å². The van der Waals surface area contributed by atoms with E-state index >= 15 is 0 Å². The summed E-state index contributed by atoms with van der Waals surface area (Å²) in [5.41, 5.74) is 0.737. The van der Waals surface area contributed by atoms with Crippen LogP contribution in [0, 0.1) is 0 Å². The van der Waals surface area contributed by atoms with Crippen LogP contribution in [0.3, 0.4) is 0 Å². The Morgan fingerprint density at radius 2 is 1.79 bits per heavy atom. The van der Waals surface area contributed by atoms with Crippen molar-refractivity contribution in [3.8, 4) is 11.5 Å². The molecule has 0 saturated heterocycles. The van der Waals surface area contributed by atoms with Crippen molar-refractivity contribution in [3.05, 3.63) is 23.8 Å². The van der Waals surface area contributed by atoms with Gasteiger partial charge in [0.05, 0.1) is 8.15 Å². The highest BCUT2D eigenvalue weighted by Crippen LogP contribution is 2.40. The zero-order valence-corrected chi connectivity index (χ0v) is 13.3. The van der Waals surface area contributed by atoms with Gasteiger partial charge in [0, 0.05) is 11.6 Å². The molecule has 108 valence electrons. The molecule has 19 heavy (non-hydrogen) atoms. The SMILES string of the molecule is CP(C)Oc1cc(OS(=O)(=O)F)ccc1C(C)(C)C. The highest BCUT2D eigenvalue weighted by atomic mass is 32.3. The molecule has 0 aliphatic carbocycles. The molecule has 0 radical (unpaired) electrons. The molecule has 1 rings (SSSR count). The van der Waals surface area contributed by atoms with E-state index in [-0.39, 0.29) is 11.2 Å². The summed E-state index contributed by atoms with van der Waals surface area (Å²) in [7, 11) is -5.71. The third kappa shape index (κ3) is 5.33. The minimum Gasteiger partial charge on any atom is -0.474 e. The van der Waals surface area contributed by atoms with Gasteiger partial charge in [-0.05, 0) is 24.8 Å². The van der Waals surface area contributed by atoms with E-state index in [2.05, 4.69) is 4.18 Å². The standard InChI is InChI=1S/C12H18FO4PS/c1-12(2,3)10-7-6-9(17-19(13,14)15)8-11(10)16-18(4)5/h6-8H,1-5H3. The lowest BCUT2D eigenvalue weighted by atomic mass is 9.86. The molecule has 1 aromatic rings. The van der Waals surface area contributed by atoms with Crippen LogP contribution in [-0.2, 0) is 15.9 Å². The molecule has 0 N–H and O–H groups in total. The van der Waals surface area contributed by atoms with E-state index in [1.54, 1.807) is 6.07 Å². The lowest BCUT2D eigenvalue weighted by Crippen LogP contribution is -2.13. The largest absolute Gasteiger partial charge is 0.488 e. The Morgan fingerprint density at radius 3 is 2.21 bits per heavy atom. The first-order valence-electron chi connectivity index (χ1n) is 5.63. The van der Waals surface area contributed by atoms with Crippen molar-refractivity contribution in [2.24, 2.45) is 0 Å². The van der Waals surface area contributed by atoms with Gasteiger partial charge in [-0.15, -0.1) is 0 Å². The summed E-state index contributed by atoms with van der Waals surface area (Å²) in [6.07, 6.45) is 0. The molecule has 4 nitrogen and oxygen atoms in total. The molecule has 0 heterocycles. The van der Waals surface area contributed by atoms with Gasteiger partial charge in [-0.1, -0.05) is 30.7 Å². The first-order chi connectivity index (χ1) is 8.49. The van der Waals surface area contributed by atoms with Crippen molar-refractivity contribution in [2.75, 3.05) is 13.3 Å². The Balaban J connectivity index is 3.23. The van der Waals surface area contributed by atoms with Gasteiger partial charge in [0.15, 0.2) is 0 Å². The first-order valence-corrected chi connectivity index (χ1v) is 9.09. The van der Waals surface area contributed by atoms with Crippen molar-refractivity contribution in [3.63, 3.8) is 0 Å². The third-order valence-corrected chi connectivity index (χ3v) is 3.19. The highest BCUT2D eigenvalue weighted by molar-refractivity contribution is 7.81. The average Bonchev–Trinajstić information content (AvgIpc) is 2.11. The minimum atomic E-state index is -5.02. The second-order valence-electron chi connectivity index (χ2n) is 5.29. The fraction of sp³-hybridized carbons (Fsp3) is 0.500. The Morgan fingerprint density at radius 1 is 1.21 bits per heavy atom. The van der Waals surface area contributed by atoms with Gasteiger partial charge >= 0.3 is 10.5 Å². The fourth-order valence-corrected chi connectivity index (χ4v) is 2.44. The quantitative estimate of drug-likeness (QED) is 0.630. The number of hydrogen-bond donors (Lipinski definition) is 0. The molecule has 0 spiro atoms. The van der Waals surface area contributed by atoms with Crippen LogP contribution in [0.5, 0.6) is 11.5 Å². The van der Waals surface area contributed by atoms with Gasteiger partial charge in [0.25, 0.3) is 0 Å². The number of halogens is 1. The van der Waals surface area contributed by atoms with Gasteiger partial charge in [0.1, 0.15) is 11.5 Å². The summed E-state index contributed by atoms with van der Waals surface area (Å²) in [4.78, 5) is 0. The van der Waals surface area contributed by atoms with E-state index in [4.69, 9.17) is 4.52 Å². The summed E-state index contributed by atoms with van der Waals surface area (Å²) >= 11 is 0. The number of rotatable bonds is 4. The van der Waals surface area contributed by atoms with Gasteiger partial charge in [-0.2, -0.15) is 8.42 Å². The molecular formula is C12H18FO4PS. The normalized spacial score (nSPS) is 12.6. The summed E-state index contributed by atoms with van der Waals surface area (Å²) in [5, 5.41) is 0. The molecule has 0 fully saturated rings. The summed E-state index contributed by atoms with van der Waals surface area (Å²) in [6, 6.07) is 4.51. The van der Waals surface area contributed by atoms with Crippen LogP contribution in [-0.4, -0.2) is 21.7 Å². The fourth-order valence-electron chi connectivity index (χ4n) is 1.56. The van der Waals surface area contributed by atoms with Crippen molar-refractivity contribution in [1.82, 2.24) is 0 Å². The molecule has 0 aromatic heterocycles. The van der Waals surface area contributed by atoms with Crippen LogP contribution < -0.4 is 8.71 Å². The number of hydrogen-bond acceptors (Lipinski definition) is 4. The molecule has 0 aliphatic rings. The van der Waals surface area contributed by atoms with Crippen molar-refractivity contribution < 1.29 is 21.0 Å². The maximum atomic E-state index is 12.5. The molecular weight excluding hydrogens is 290 g/mol. The zero-order chi connectivity index (χ0) is 14.8. The monoisotopic (exact) mass is 308 g/mol. The molecule has 1 aromatic carbocycles. The van der Waals surface area contributed by atoms with Crippen LogP contribution in [0.2, 0.25) is 0 Å². The van der Waals surface area contributed by atoms with Crippen molar-refractivity contribution in [2.45, 2.75) is 26.2 Å². The molecule has 0 amide bonds. The van der Waals surface area contributed by atoms with E-state index in [1.165, 1.54) is 12.1 Å². The predicted octanol–water partition coefficient (Wildman–Crippen LogP) is 3.61. The van der Waals surface area contributed by atoms with Gasteiger partial charge in [-0.3, -0.25) is 0 Å². The maximum Gasteiger partial charge on any atom is 0.488 e. The summed E-state index contributed by atoms with van der Waals surface area (Å²) < 4.78 is 43.4. The van der Waals surface area contributed by atoms with Crippen LogP contribution in [0.4, 0.5) is 3.89 Å². The Labute approximate surface area is 115 Å². The van der Waals surface area contributed by atoms with E-state index in [0.717, 1.165) is 5.56 Å². The van der Waals surface area contributed by atoms with Gasteiger partial charge in [-0.25, -0.2) is 0 Å². The maximum absolute atomic E-state index is 12.5. The zero-order valence-electron chi connectivity index (χ0n) is 11.6. The van der Waals surface area contributed by atoms with E-state index < -0.39 is 18.7 Å². The van der Waals surface area contributed by atoms with Gasteiger partial charge in [0.2, 0.25) is 0 Å².